The maximum absolute atomic E-state index is 10.1. The Kier molecular flexibility index (Phi) is 10.1. The summed E-state index contributed by atoms with van der Waals surface area (Å²) in [5, 5.41) is 23.4. The van der Waals surface area contributed by atoms with E-state index in [0.717, 1.165) is 0 Å². The fourth-order valence-corrected chi connectivity index (χ4v) is 0.770. The second kappa shape index (κ2) is 9.50. The Bertz CT molecular complexity index is 188. The number of carbonyl (C=O) groups is 3. The molecule has 6 heteroatoms. The number of hydrogen-bond acceptors (Lipinski definition) is 3. The van der Waals surface area contributed by atoms with E-state index in [9.17, 15) is 9.59 Å². The highest BCUT2D eigenvalue weighted by Gasteiger charge is 2.08. The van der Waals surface area contributed by atoms with Gasteiger partial charge in [0.25, 0.3) is 6.47 Å². The van der Waals surface area contributed by atoms with Crippen LogP contribution in [-0.4, -0.2) is 33.7 Å². The molecule has 0 heterocycles. The van der Waals surface area contributed by atoms with Gasteiger partial charge in [0.1, 0.15) is 0 Å². The number of hydrogen-bond donors (Lipinski definition) is 3. The van der Waals surface area contributed by atoms with Gasteiger partial charge < -0.3 is 15.3 Å². The smallest absolute Gasteiger partial charge is 0.303 e. The van der Waals surface area contributed by atoms with Crippen LogP contribution in [-0.2, 0) is 14.4 Å². The van der Waals surface area contributed by atoms with Crippen molar-refractivity contribution in [1.29, 1.82) is 0 Å². The summed E-state index contributed by atoms with van der Waals surface area (Å²) in [5.74, 6) is -1.80. The van der Waals surface area contributed by atoms with Gasteiger partial charge in [-0.15, -0.1) is 0 Å². The third-order valence-corrected chi connectivity index (χ3v) is 1.37. The van der Waals surface area contributed by atoms with E-state index in [0.29, 0.717) is 6.42 Å². The van der Waals surface area contributed by atoms with Crippen molar-refractivity contribution < 1.29 is 29.7 Å². The van der Waals surface area contributed by atoms with Crippen molar-refractivity contribution in [3.8, 4) is 0 Å². The van der Waals surface area contributed by atoms with Gasteiger partial charge in [-0.1, -0.05) is 6.92 Å². The molecular weight excluding hydrogens is 192 g/mol. The lowest BCUT2D eigenvalue weighted by atomic mass is 10.0. The first-order chi connectivity index (χ1) is 6.43. The molecule has 82 valence electrons. The van der Waals surface area contributed by atoms with Crippen LogP contribution in [0.4, 0.5) is 0 Å². The predicted molar refractivity (Wildman–Crippen MR) is 47.0 cm³/mol. The van der Waals surface area contributed by atoms with Crippen LogP contribution < -0.4 is 0 Å². The van der Waals surface area contributed by atoms with Gasteiger partial charge in [-0.3, -0.25) is 14.4 Å². The van der Waals surface area contributed by atoms with Gasteiger partial charge in [0.15, 0.2) is 0 Å². The standard InChI is InChI=1S/C7H12O4.CH2O2/c1-5(4-7(10)11)2-3-6(8)9;2-1-3/h5H,2-4H2,1H3,(H,8,9)(H,10,11);1H,(H,2,3). The Labute approximate surface area is 81.2 Å². The van der Waals surface area contributed by atoms with E-state index in [4.69, 9.17) is 20.1 Å². The van der Waals surface area contributed by atoms with Crippen molar-refractivity contribution in [1.82, 2.24) is 0 Å². The first kappa shape index (κ1) is 14.9. The third kappa shape index (κ3) is 16.8. The van der Waals surface area contributed by atoms with Gasteiger partial charge in [0.05, 0.1) is 0 Å². The molecule has 0 amide bonds. The Hall–Kier alpha value is -1.59. The van der Waals surface area contributed by atoms with Crippen molar-refractivity contribution in [2.24, 2.45) is 5.92 Å². The van der Waals surface area contributed by atoms with Crippen molar-refractivity contribution in [2.75, 3.05) is 0 Å². The molecular formula is C8H14O6. The Morgan fingerprint density at radius 1 is 1.29 bits per heavy atom. The quantitative estimate of drug-likeness (QED) is 0.570. The number of carboxylic acids is 2. The topological polar surface area (TPSA) is 112 Å². The highest BCUT2D eigenvalue weighted by atomic mass is 16.4. The van der Waals surface area contributed by atoms with Gasteiger partial charge >= 0.3 is 11.9 Å². The number of rotatable bonds is 5. The van der Waals surface area contributed by atoms with E-state index in [1.54, 1.807) is 6.92 Å². The molecule has 0 bridgehead atoms. The Morgan fingerprint density at radius 2 is 1.71 bits per heavy atom. The molecule has 0 aliphatic heterocycles. The van der Waals surface area contributed by atoms with E-state index < -0.39 is 11.9 Å². The molecule has 1 atom stereocenters. The summed E-state index contributed by atoms with van der Waals surface area (Å²) < 4.78 is 0. The lowest BCUT2D eigenvalue weighted by Crippen LogP contribution is -2.06. The zero-order valence-corrected chi connectivity index (χ0v) is 7.84. The highest BCUT2D eigenvalue weighted by Crippen LogP contribution is 2.09. The van der Waals surface area contributed by atoms with Crippen LogP contribution in [0.3, 0.4) is 0 Å². The van der Waals surface area contributed by atoms with Crippen LogP contribution in [0.5, 0.6) is 0 Å². The third-order valence-electron chi connectivity index (χ3n) is 1.37. The van der Waals surface area contributed by atoms with Crippen molar-refractivity contribution in [2.45, 2.75) is 26.2 Å². The van der Waals surface area contributed by atoms with Crippen molar-refractivity contribution in [3.05, 3.63) is 0 Å². The number of carboxylic acid groups (broad SMARTS) is 3. The van der Waals surface area contributed by atoms with Crippen LogP contribution in [0.25, 0.3) is 0 Å². The molecule has 0 aliphatic carbocycles. The molecule has 3 N–H and O–H groups in total. The maximum atomic E-state index is 10.1. The highest BCUT2D eigenvalue weighted by molar-refractivity contribution is 5.68. The van der Waals surface area contributed by atoms with Crippen LogP contribution in [0.2, 0.25) is 0 Å². The molecule has 0 aromatic carbocycles. The minimum absolute atomic E-state index is 0.0489. The largest absolute Gasteiger partial charge is 0.483 e. The summed E-state index contributed by atoms with van der Waals surface area (Å²) in [4.78, 5) is 28.5. The van der Waals surface area contributed by atoms with E-state index in [2.05, 4.69) is 0 Å². The molecule has 0 saturated heterocycles. The van der Waals surface area contributed by atoms with E-state index >= 15 is 0 Å². The zero-order valence-electron chi connectivity index (χ0n) is 7.84. The van der Waals surface area contributed by atoms with E-state index in [1.807, 2.05) is 0 Å². The summed E-state index contributed by atoms with van der Waals surface area (Å²) in [6.07, 6.45) is 0.531. The van der Waals surface area contributed by atoms with Gasteiger partial charge in [0.2, 0.25) is 0 Å². The van der Waals surface area contributed by atoms with Crippen molar-refractivity contribution >= 4 is 18.4 Å². The summed E-state index contributed by atoms with van der Waals surface area (Å²) >= 11 is 0. The molecule has 0 rings (SSSR count). The first-order valence-corrected chi connectivity index (χ1v) is 3.95. The molecule has 0 aromatic rings. The molecule has 1 unspecified atom stereocenters. The Morgan fingerprint density at radius 3 is 2.00 bits per heavy atom. The second-order valence-corrected chi connectivity index (χ2v) is 2.74. The van der Waals surface area contributed by atoms with Gasteiger partial charge in [-0.2, -0.15) is 0 Å². The molecule has 0 aromatic heterocycles. The normalized spacial score (nSPS) is 10.6. The molecule has 0 aliphatic rings. The molecule has 0 fully saturated rings. The Balaban J connectivity index is 0. The predicted octanol–water partition coefficient (Wildman–Crippen LogP) is 0.663. The second-order valence-electron chi connectivity index (χ2n) is 2.74. The van der Waals surface area contributed by atoms with Gasteiger partial charge in [0, 0.05) is 12.8 Å². The van der Waals surface area contributed by atoms with Crippen molar-refractivity contribution in [3.63, 3.8) is 0 Å². The van der Waals surface area contributed by atoms with E-state index in [1.165, 1.54) is 0 Å². The SMILES string of the molecule is CC(CCC(=O)O)CC(=O)O.O=CO. The van der Waals surface area contributed by atoms with Crippen LogP contribution in [0.15, 0.2) is 0 Å². The molecule has 6 nitrogen and oxygen atoms in total. The summed E-state index contributed by atoms with van der Waals surface area (Å²) in [5.41, 5.74) is 0. The van der Waals surface area contributed by atoms with Gasteiger partial charge in [-0.05, 0) is 12.3 Å². The lowest BCUT2D eigenvalue weighted by molar-refractivity contribution is -0.140. The summed E-state index contributed by atoms with van der Waals surface area (Å²) in [6, 6.07) is 0. The van der Waals surface area contributed by atoms with Crippen LogP contribution in [0, 0.1) is 5.92 Å². The average molecular weight is 206 g/mol. The summed E-state index contributed by atoms with van der Waals surface area (Å²) in [6.45, 7) is 1.48. The molecule has 0 saturated carbocycles. The lowest BCUT2D eigenvalue weighted by Gasteiger charge is -2.04. The fourth-order valence-electron chi connectivity index (χ4n) is 0.770. The minimum Gasteiger partial charge on any atom is -0.483 e. The van der Waals surface area contributed by atoms with Crippen LogP contribution in [0.1, 0.15) is 26.2 Å². The molecule has 0 radical (unpaired) electrons. The molecule has 14 heavy (non-hydrogen) atoms. The monoisotopic (exact) mass is 206 g/mol. The maximum Gasteiger partial charge on any atom is 0.303 e. The number of aliphatic carboxylic acids is 2. The van der Waals surface area contributed by atoms with E-state index in [-0.39, 0.29) is 25.2 Å². The zero-order chi connectivity index (χ0) is 11.6. The average Bonchev–Trinajstić information content (AvgIpc) is 2.01. The summed E-state index contributed by atoms with van der Waals surface area (Å²) in [7, 11) is 0. The van der Waals surface area contributed by atoms with Gasteiger partial charge in [-0.25, -0.2) is 0 Å². The van der Waals surface area contributed by atoms with Crippen LogP contribution >= 0.6 is 0 Å². The molecule has 0 spiro atoms. The first-order valence-electron chi connectivity index (χ1n) is 3.95. The minimum atomic E-state index is -0.873. The fraction of sp³-hybridized carbons (Fsp3) is 0.625.